The molecular formula is C16H12BrN3O2S. The molecule has 23 heavy (non-hydrogen) atoms. The van der Waals surface area contributed by atoms with Crippen LogP contribution in [0.4, 0.5) is 5.13 Å². The maximum absolute atomic E-state index is 11.9. The number of ether oxygens (including phenoxy) is 1. The van der Waals surface area contributed by atoms with Crippen LogP contribution in [0, 0.1) is 0 Å². The molecule has 0 aliphatic carbocycles. The van der Waals surface area contributed by atoms with Gasteiger partial charge in [-0.2, -0.15) is 0 Å². The Bertz CT molecular complexity index is 808. The molecule has 0 radical (unpaired) electrons. The van der Waals surface area contributed by atoms with Gasteiger partial charge in [0.25, 0.3) is 5.91 Å². The zero-order valence-electron chi connectivity index (χ0n) is 11.9. The minimum Gasteiger partial charge on any atom is -0.484 e. The number of halogens is 1. The van der Waals surface area contributed by atoms with Crippen molar-refractivity contribution in [2.24, 2.45) is 0 Å². The zero-order chi connectivity index (χ0) is 16.1. The summed E-state index contributed by atoms with van der Waals surface area (Å²) < 4.78 is 6.34. The SMILES string of the molecule is O=C(COc1cccc(Br)c1)Nc1nc(-c2cccnc2)cs1. The van der Waals surface area contributed by atoms with Crippen molar-refractivity contribution in [2.75, 3.05) is 11.9 Å². The van der Waals surface area contributed by atoms with E-state index in [1.165, 1.54) is 11.3 Å². The van der Waals surface area contributed by atoms with Gasteiger partial charge in [0, 0.05) is 27.8 Å². The van der Waals surface area contributed by atoms with Crippen molar-refractivity contribution < 1.29 is 9.53 Å². The van der Waals surface area contributed by atoms with Crippen molar-refractivity contribution in [1.29, 1.82) is 0 Å². The first-order valence-corrected chi connectivity index (χ1v) is 8.42. The summed E-state index contributed by atoms with van der Waals surface area (Å²) in [5.41, 5.74) is 1.70. The molecule has 1 N–H and O–H groups in total. The van der Waals surface area contributed by atoms with E-state index in [2.05, 4.69) is 31.2 Å². The Morgan fingerprint density at radius 3 is 3.00 bits per heavy atom. The highest BCUT2D eigenvalue weighted by Crippen LogP contribution is 2.24. The van der Waals surface area contributed by atoms with Crippen LogP contribution in [-0.2, 0) is 4.79 Å². The second-order valence-corrected chi connectivity index (χ2v) is 6.35. The van der Waals surface area contributed by atoms with Crippen molar-refractivity contribution in [3.63, 3.8) is 0 Å². The van der Waals surface area contributed by atoms with E-state index < -0.39 is 0 Å². The Kier molecular flexibility index (Phi) is 4.99. The van der Waals surface area contributed by atoms with Gasteiger partial charge in [-0.1, -0.05) is 22.0 Å². The van der Waals surface area contributed by atoms with Gasteiger partial charge in [0.05, 0.1) is 5.69 Å². The number of carbonyl (C=O) groups is 1. The number of nitrogens with one attached hydrogen (secondary N) is 1. The monoisotopic (exact) mass is 389 g/mol. The number of hydrogen-bond donors (Lipinski definition) is 1. The molecule has 1 amide bonds. The maximum atomic E-state index is 11.9. The van der Waals surface area contributed by atoms with Crippen LogP contribution in [0.15, 0.2) is 58.6 Å². The van der Waals surface area contributed by atoms with Gasteiger partial charge in [0.2, 0.25) is 0 Å². The fourth-order valence-corrected chi connectivity index (χ4v) is 2.95. The molecule has 0 saturated carbocycles. The van der Waals surface area contributed by atoms with E-state index in [0.717, 1.165) is 15.7 Å². The molecule has 3 aromatic rings. The van der Waals surface area contributed by atoms with Gasteiger partial charge in [-0.05, 0) is 30.3 Å². The van der Waals surface area contributed by atoms with Gasteiger partial charge in [-0.15, -0.1) is 11.3 Å². The molecule has 0 aliphatic rings. The predicted molar refractivity (Wildman–Crippen MR) is 93.6 cm³/mol. The molecular weight excluding hydrogens is 378 g/mol. The highest BCUT2D eigenvalue weighted by atomic mass is 79.9. The minimum atomic E-state index is -0.253. The fraction of sp³-hybridized carbons (Fsp3) is 0.0625. The van der Waals surface area contributed by atoms with E-state index in [-0.39, 0.29) is 12.5 Å². The number of nitrogens with zero attached hydrogens (tertiary/aromatic N) is 2. The Morgan fingerprint density at radius 2 is 2.22 bits per heavy atom. The third-order valence-electron chi connectivity index (χ3n) is 2.87. The number of hydrogen-bond acceptors (Lipinski definition) is 5. The number of pyridine rings is 1. The largest absolute Gasteiger partial charge is 0.484 e. The first-order chi connectivity index (χ1) is 11.2. The van der Waals surface area contributed by atoms with Crippen LogP contribution < -0.4 is 10.1 Å². The van der Waals surface area contributed by atoms with Crippen LogP contribution >= 0.6 is 27.3 Å². The van der Waals surface area contributed by atoms with Crippen LogP contribution in [0.5, 0.6) is 5.75 Å². The van der Waals surface area contributed by atoms with Crippen LogP contribution in [-0.4, -0.2) is 22.5 Å². The molecule has 0 saturated heterocycles. The summed E-state index contributed by atoms with van der Waals surface area (Å²) in [6.45, 7) is -0.0712. The summed E-state index contributed by atoms with van der Waals surface area (Å²) in [4.78, 5) is 20.4. The van der Waals surface area contributed by atoms with Crippen molar-refractivity contribution in [3.8, 4) is 17.0 Å². The number of aromatic nitrogens is 2. The average Bonchev–Trinajstić information content (AvgIpc) is 3.02. The second-order valence-electron chi connectivity index (χ2n) is 4.57. The third kappa shape index (κ3) is 4.37. The summed E-state index contributed by atoms with van der Waals surface area (Å²) in [5.74, 6) is 0.377. The Balaban J connectivity index is 1.57. The van der Waals surface area contributed by atoms with Crippen LogP contribution in [0.2, 0.25) is 0 Å². The van der Waals surface area contributed by atoms with E-state index >= 15 is 0 Å². The lowest BCUT2D eigenvalue weighted by Gasteiger charge is -2.05. The number of anilines is 1. The first kappa shape index (κ1) is 15.6. The zero-order valence-corrected chi connectivity index (χ0v) is 14.3. The Labute approximate surface area is 145 Å². The van der Waals surface area contributed by atoms with Gasteiger partial charge in [0.15, 0.2) is 11.7 Å². The molecule has 2 aromatic heterocycles. The standard InChI is InChI=1S/C16H12BrN3O2S/c17-12-4-1-5-13(7-12)22-9-15(21)20-16-19-14(10-23-16)11-3-2-6-18-8-11/h1-8,10H,9H2,(H,19,20,21). The van der Waals surface area contributed by atoms with Gasteiger partial charge in [0.1, 0.15) is 5.75 Å². The average molecular weight is 390 g/mol. The molecule has 0 aliphatic heterocycles. The topological polar surface area (TPSA) is 64.1 Å². The van der Waals surface area contributed by atoms with Gasteiger partial charge >= 0.3 is 0 Å². The van der Waals surface area contributed by atoms with Crippen molar-refractivity contribution in [2.45, 2.75) is 0 Å². The summed E-state index contributed by atoms with van der Waals surface area (Å²) in [7, 11) is 0. The summed E-state index contributed by atoms with van der Waals surface area (Å²) in [5, 5.41) is 5.14. The van der Waals surface area contributed by atoms with E-state index in [4.69, 9.17) is 4.74 Å². The lowest BCUT2D eigenvalue weighted by Crippen LogP contribution is -2.20. The maximum Gasteiger partial charge on any atom is 0.264 e. The number of rotatable bonds is 5. The highest BCUT2D eigenvalue weighted by molar-refractivity contribution is 9.10. The summed E-state index contributed by atoms with van der Waals surface area (Å²) >= 11 is 4.72. The van der Waals surface area contributed by atoms with Gasteiger partial charge in [-0.3, -0.25) is 15.1 Å². The number of benzene rings is 1. The second kappa shape index (κ2) is 7.34. The van der Waals surface area contributed by atoms with Gasteiger partial charge < -0.3 is 4.74 Å². The molecule has 1 aromatic carbocycles. The number of carbonyl (C=O) groups excluding carboxylic acids is 1. The number of thiazole rings is 1. The lowest BCUT2D eigenvalue weighted by molar-refractivity contribution is -0.118. The van der Waals surface area contributed by atoms with E-state index in [9.17, 15) is 4.79 Å². The van der Waals surface area contributed by atoms with E-state index in [1.807, 2.05) is 29.6 Å². The molecule has 5 nitrogen and oxygen atoms in total. The molecule has 3 rings (SSSR count). The van der Waals surface area contributed by atoms with E-state index in [1.54, 1.807) is 24.5 Å². The molecule has 116 valence electrons. The summed E-state index contributed by atoms with van der Waals surface area (Å²) in [6.07, 6.45) is 3.44. The smallest absolute Gasteiger partial charge is 0.264 e. The normalized spacial score (nSPS) is 10.3. The molecule has 7 heteroatoms. The minimum absolute atomic E-state index is 0.0712. The van der Waals surface area contributed by atoms with E-state index in [0.29, 0.717) is 10.9 Å². The van der Waals surface area contributed by atoms with Crippen molar-refractivity contribution in [3.05, 3.63) is 58.6 Å². The molecule has 0 atom stereocenters. The van der Waals surface area contributed by atoms with Crippen LogP contribution in [0.1, 0.15) is 0 Å². The van der Waals surface area contributed by atoms with Gasteiger partial charge in [-0.25, -0.2) is 4.98 Å². The third-order valence-corrected chi connectivity index (χ3v) is 4.12. The Hall–Kier alpha value is -2.25. The fourth-order valence-electron chi connectivity index (χ4n) is 1.84. The molecule has 2 heterocycles. The molecule has 0 bridgehead atoms. The number of amides is 1. The van der Waals surface area contributed by atoms with Crippen LogP contribution in [0.25, 0.3) is 11.3 Å². The van der Waals surface area contributed by atoms with Crippen molar-refractivity contribution in [1.82, 2.24) is 9.97 Å². The first-order valence-electron chi connectivity index (χ1n) is 6.75. The quantitative estimate of drug-likeness (QED) is 0.716. The van der Waals surface area contributed by atoms with Crippen molar-refractivity contribution >= 4 is 38.3 Å². The predicted octanol–water partition coefficient (Wildman–Crippen LogP) is 3.99. The lowest BCUT2D eigenvalue weighted by atomic mass is 10.2. The molecule has 0 unspecified atom stereocenters. The highest BCUT2D eigenvalue weighted by Gasteiger charge is 2.09. The molecule has 0 fully saturated rings. The Morgan fingerprint density at radius 1 is 1.30 bits per heavy atom. The van der Waals surface area contributed by atoms with Crippen LogP contribution in [0.3, 0.4) is 0 Å². The molecule has 0 spiro atoms. The summed E-state index contributed by atoms with van der Waals surface area (Å²) in [6, 6.07) is 11.1.